The summed E-state index contributed by atoms with van der Waals surface area (Å²) in [7, 11) is 0. The predicted octanol–water partition coefficient (Wildman–Crippen LogP) is 1.44. The number of nitrogens with zero attached hydrogens (tertiary/aromatic N) is 3. The minimum Gasteiger partial charge on any atom is -0.363 e. The lowest BCUT2D eigenvalue weighted by atomic mass is 9.90. The highest BCUT2D eigenvalue weighted by Crippen LogP contribution is 2.34. The SMILES string of the molecule is Cc1ccc(N2CC[C@@H]3C[C@H](C(=O)NC4CCC4)O[C@H]3C2)nn1. The van der Waals surface area contributed by atoms with Crippen molar-refractivity contribution in [2.75, 3.05) is 18.0 Å². The number of fused-ring (bicyclic) bond motifs is 1. The molecule has 3 aliphatic rings. The molecule has 1 aliphatic carbocycles. The van der Waals surface area contributed by atoms with Gasteiger partial charge in [-0.1, -0.05) is 0 Å². The van der Waals surface area contributed by atoms with Gasteiger partial charge in [-0.25, -0.2) is 0 Å². The van der Waals surface area contributed by atoms with Crippen LogP contribution in [0, 0.1) is 12.8 Å². The summed E-state index contributed by atoms with van der Waals surface area (Å²) in [5.74, 6) is 1.48. The fourth-order valence-electron chi connectivity index (χ4n) is 3.71. The molecule has 2 aliphatic heterocycles. The van der Waals surface area contributed by atoms with Crippen LogP contribution >= 0.6 is 0 Å². The molecule has 0 spiro atoms. The summed E-state index contributed by atoms with van der Waals surface area (Å²) < 4.78 is 6.07. The normalized spacial score (nSPS) is 30.7. The van der Waals surface area contributed by atoms with Gasteiger partial charge in [-0.2, -0.15) is 5.10 Å². The molecule has 1 amide bonds. The van der Waals surface area contributed by atoms with Crippen molar-refractivity contribution in [3.8, 4) is 0 Å². The van der Waals surface area contributed by atoms with Crippen LogP contribution in [0.3, 0.4) is 0 Å². The van der Waals surface area contributed by atoms with Gasteiger partial charge in [0.25, 0.3) is 0 Å². The Labute approximate surface area is 136 Å². The lowest BCUT2D eigenvalue weighted by Crippen LogP contribution is -2.45. The molecule has 1 aromatic rings. The molecule has 0 unspecified atom stereocenters. The van der Waals surface area contributed by atoms with Gasteiger partial charge in [0.2, 0.25) is 5.91 Å². The Morgan fingerprint density at radius 1 is 1.30 bits per heavy atom. The van der Waals surface area contributed by atoms with Crippen LogP contribution < -0.4 is 10.2 Å². The molecule has 0 radical (unpaired) electrons. The van der Waals surface area contributed by atoms with Gasteiger partial charge in [0.1, 0.15) is 6.10 Å². The van der Waals surface area contributed by atoms with Gasteiger partial charge >= 0.3 is 0 Å². The summed E-state index contributed by atoms with van der Waals surface area (Å²) in [6.45, 7) is 3.70. The molecule has 1 aromatic heterocycles. The minimum atomic E-state index is -0.269. The first-order valence-corrected chi connectivity index (χ1v) is 8.70. The molecule has 1 saturated carbocycles. The van der Waals surface area contributed by atoms with E-state index in [0.717, 1.165) is 50.3 Å². The maximum absolute atomic E-state index is 12.3. The number of carbonyl (C=O) groups is 1. The van der Waals surface area contributed by atoms with Crippen molar-refractivity contribution >= 4 is 11.7 Å². The third kappa shape index (κ3) is 3.04. The van der Waals surface area contributed by atoms with Crippen LogP contribution in [0.4, 0.5) is 5.82 Å². The van der Waals surface area contributed by atoms with Crippen LogP contribution in [0.2, 0.25) is 0 Å². The summed E-state index contributed by atoms with van der Waals surface area (Å²) in [5, 5.41) is 11.5. The average Bonchev–Trinajstić information content (AvgIpc) is 2.94. The van der Waals surface area contributed by atoms with Crippen molar-refractivity contribution < 1.29 is 9.53 Å². The summed E-state index contributed by atoms with van der Waals surface area (Å²) in [6, 6.07) is 4.38. The van der Waals surface area contributed by atoms with Crippen molar-refractivity contribution in [2.24, 2.45) is 5.92 Å². The molecule has 6 heteroatoms. The summed E-state index contributed by atoms with van der Waals surface area (Å²) >= 11 is 0. The lowest BCUT2D eigenvalue weighted by molar-refractivity contribution is -0.133. The van der Waals surface area contributed by atoms with E-state index < -0.39 is 0 Å². The number of aryl methyl sites for hydroxylation is 1. The van der Waals surface area contributed by atoms with E-state index in [1.165, 1.54) is 6.42 Å². The Bertz CT molecular complexity index is 572. The van der Waals surface area contributed by atoms with Crippen LogP contribution in [0.15, 0.2) is 12.1 Å². The standard InChI is InChI=1S/C17H24N4O2/c1-11-5-6-16(20-19-11)21-8-7-12-9-14(23-15(12)10-21)17(22)18-13-3-2-4-13/h5-6,12-15H,2-4,7-10H2,1H3,(H,18,22)/t12-,14-,15+/m1/s1. The second-order valence-electron chi connectivity index (χ2n) is 7.06. The molecule has 0 aromatic carbocycles. The molecule has 124 valence electrons. The van der Waals surface area contributed by atoms with Crippen LogP contribution in [0.5, 0.6) is 0 Å². The Kier molecular flexibility index (Phi) is 3.93. The number of rotatable bonds is 3. The summed E-state index contributed by atoms with van der Waals surface area (Å²) in [4.78, 5) is 14.5. The lowest BCUT2D eigenvalue weighted by Gasteiger charge is -2.34. The molecule has 3 fully saturated rings. The monoisotopic (exact) mass is 316 g/mol. The number of aromatic nitrogens is 2. The molecular weight excluding hydrogens is 292 g/mol. The Morgan fingerprint density at radius 3 is 2.87 bits per heavy atom. The van der Waals surface area contributed by atoms with E-state index in [1.54, 1.807) is 0 Å². The Morgan fingerprint density at radius 2 is 2.17 bits per heavy atom. The van der Waals surface area contributed by atoms with Crippen molar-refractivity contribution in [1.82, 2.24) is 15.5 Å². The summed E-state index contributed by atoms with van der Waals surface area (Å²) in [6.07, 6.45) is 5.23. The second-order valence-corrected chi connectivity index (χ2v) is 7.06. The fourth-order valence-corrected chi connectivity index (χ4v) is 3.71. The van der Waals surface area contributed by atoms with Gasteiger partial charge in [-0.3, -0.25) is 4.79 Å². The summed E-state index contributed by atoms with van der Waals surface area (Å²) in [5.41, 5.74) is 0.925. The topological polar surface area (TPSA) is 67.4 Å². The smallest absolute Gasteiger partial charge is 0.249 e. The maximum Gasteiger partial charge on any atom is 0.249 e. The van der Waals surface area contributed by atoms with Gasteiger partial charge in [-0.05, 0) is 57.1 Å². The first kappa shape index (κ1) is 14.9. The second kappa shape index (κ2) is 6.07. The van der Waals surface area contributed by atoms with Gasteiger partial charge in [-0.15, -0.1) is 5.10 Å². The quantitative estimate of drug-likeness (QED) is 0.914. The number of anilines is 1. The van der Waals surface area contributed by atoms with E-state index in [4.69, 9.17) is 4.74 Å². The van der Waals surface area contributed by atoms with E-state index in [-0.39, 0.29) is 18.1 Å². The molecule has 3 atom stereocenters. The maximum atomic E-state index is 12.3. The highest BCUT2D eigenvalue weighted by molar-refractivity contribution is 5.81. The highest BCUT2D eigenvalue weighted by atomic mass is 16.5. The number of ether oxygens (including phenoxy) is 1. The number of carbonyl (C=O) groups excluding carboxylic acids is 1. The first-order chi connectivity index (χ1) is 11.2. The van der Waals surface area contributed by atoms with Crippen LogP contribution in [-0.2, 0) is 9.53 Å². The fraction of sp³-hybridized carbons (Fsp3) is 0.706. The van der Waals surface area contributed by atoms with Gasteiger partial charge in [0.15, 0.2) is 5.82 Å². The van der Waals surface area contributed by atoms with E-state index in [2.05, 4.69) is 20.4 Å². The van der Waals surface area contributed by atoms with Crippen LogP contribution in [0.1, 0.15) is 37.8 Å². The van der Waals surface area contributed by atoms with Gasteiger partial charge in [0.05, 0.1) is 11.8 Å². The van der Waals surface area contributed by atoms with Crippen LogP contribution in [0.25, 0.3) is 0 Å². The molecular formula is C17H24N4O2. The molecule has 1 N–H and O–H groups in total. The largest absolute Gasteiger partial charge is 0.363 e. The number of piperidine rings is 1. The van der Waals surface area contributed by atoms with Gasteiger partial charge in [0, 0.05) is 19.1 Å². The van der Waals surface area contributed by atoms with Crippen molar-refractivity contribution in [2.45, 2.75) is 57.3 Å². The van der Waals surface area contributed by atoms with Crippen LogP contribution in [-0.4, -0.2) is 47.4 Å². The molecule has 23 heavy (non-hydrogen) atoms. The van der Waals surface area contributed by atoms with Crippen molar-refractivity contribution in [3.05, 3.63) is 17.8 Å². The van der Waals surface area contributed by atoms with E-state index in [0.29, 0.717) is 12.0 Å². The van der Waals surface area contributed by atoms with Gasteiger partial charge < -0.3 is 15.0 Å². The zero-order valence-electron chi connectivity index (χ0n) is 13.6. The number of nitrogens with one attached hydrogen (secondary N) is 1. The van der Waals surface area contributed by atoms with E-state index >= 15 is 0 Å². The number of hydrogen-bond acceptors (Lipinski definition) is 5. The van der Waals surface area contributed by atoms with E-state index in [9.17, 15) is 4.79 Å². The average molecular weight is 316 g/mol. The third-order valence-corrected chi connectivity index (χ3v) is 5.40. The zero-order valence-corrected chi connectivity index (χ0v) is 13.6. The Balaban J connectivity index is 1.36. The predicted molar refractivity (Wildman–Crippen MR) is 86.1 cm³/mol. The number of hydrogen-bond donors (Lipinski definition) is 1. The molecule has 2 saturated heterocycles. The third-order valence-electron chi connectivity index (χ3n) is 5.40. The molecule has 3 heterocycles. The minimum absolute atomic E-state index is 0.0887. The van der Waals surface area contributed by atoms with Crippen molar-refractivity contribution in [3.63, 3.8) is 0 Å². The Hall–Kier alpha value is -1.69. The van der Waals surface area contributed by atoms with Crippen molar-refractivity contribution in [1.29, 1.82) is 0 Å². The molecule has 6 nitrogen and oxygen atoms in total. The van der Waals surface area contributed by atoms with E-state index in [1.807, 2.05) is 19.1 Å². The first-order valence-electron chi connectivity index (χ1n) is 8.70. The molecule has 0 bridgehead atoms. The highest BCUT2D eigenvalue weighted by Gasteiger charge is 2.42. The zero-order chi connectivity index (χ0) is 15.8. The number of amides is 1. The molecule has 4 rings (SSSR count).